The molecule has 8 heteroatoms. The number of aromatic amines is 2. The van der Waals surface area contributed by atoms with Crippen molar-refractivity contribution in [2.45, 2.75) is 26.2 Å². The van der Waals surface area contributed by atoms with E-state index in [2.05, 4.69) is 44.8 Å². The zero-order valence-corrected chi connectivity index (χ0v) is 17.0. The smallest absolute Gasteiger partial charge is 0.276 e. The van der Waals surface area contributed by atoms with Crippen molar-refractivity contribution in [3.05, 3.63) is 88.0 Å². The van der Waals surface area contributed by atoms with Crippen LogP contribution in [-0.2, 0) is 12.8 Å². The van der Waals surface area contributed by atoms with Crippen molar-refractivity contribution in [1.29, 1.82) is 0 Å². The summed E-state index contributed by atoms with van der Waals surface area (Å²) in [6.45, 7) is 2.10. The standard InChI is InChI=1S/C23H21N7O/c1-2-7-20-19(23(31)30-21(25-20)12-13-24-30)14-15-8-3-4-9-16(15)17-10-5-6-11-18(17)22-26-28-29-27-22/h3-6,8-13,24H,2,7,14H2,1H3,(H,26,27,28,29). The Morgan fingerprint density at radius 2 is 1.74 bits per heavy atom. The molecule has 8 nitrogen and oxygen atoms in total. The van der Waals surface area contributed by atoms with Crippen molar-refractivity contribution < 1.29 is 0 Å². The lowest BCUT2D eigenvalue weighted by Gasteiger charge is -2.14. The highest BCUT2D eigenvalue weighted by molar-refractivity contribution is 5.82. The molecule has 31 heavy (non-hydrogen) atoms. The van der Waals surface area contributed by atoms with E-state index in [0.717, 1.165) is 40.8 Å². The number of nitrogens with one attached hydrogen (secondary N) is 2. The summed E-state index contributed by atoms with van der Waals surface area (Å²) < 4.78 is 1.50. The van der Waals surface area contributed by atoms with Crippen LogP contribution in [0.4, 0.5) is 0 Å². The summed E-state index contributed by atoms with van der Waals surface area (Å²) >= 11 is 0. The Kier molecular flexibility index (Phi) is 4.87. The van der Waals surface area contributed by atoms with Gasteiger partial charge in [-0.1, -0.05) is 61.9 Å². The molecule has 154 valence electrons. The maximum absolute atomic E-state index is 13.3. The number of rotatable bonds is 6. The highest BCUT2D eigenvalue weighted by Gasteiger charge is 2.18. The highest BCUT2D eigenvalue weighted by Crippen LogP contribution is 2.33. The molecule has 0 bridgehead atoms. The lowest BCUT2D eigenvalue weighted by atomic mass is 9.91. The second-order valence-electron chi connectivity index (χ2n) is 7.36. The van der Waals surface area contributed by atoms with Crippen LogP contribution in [0.25, 0.3) is 28.2 Å². The van der Waals surface area contributed by atoms with Gasteiger partial charge >= 0.3 is 0 Å². The van der Waals surface area contributed by atoms with Crippen molar-refractivity contribution in [2.75, 3.05) is 0 Å². The first-order chi connectivity index (χ1) is 15.3. The van der Waals surface area contributed by atoms with Crippen molar-refractivity contribution in [3.63, 3.8) is 0 Å². The third kappa shape index (κ3) is 3.42. The summed E-state index contributed by atoms with van der Waals surface area (Å²) in [7, 11) is 0. The van der Waals surface area contributed by atoms with Crippen LogP contribution in [-0.4, -0.2) is 35.2 Å². The van der Waals surface area contributed by atoms with Gasteiger partial charge in [0.2, 0.25) is 5.82 Å². The van der Waals surface area contributed by atoms with E-state index in [4.69, 9.17) is 4.98 Å². The largest absolute Gasteiger partial charge is 0.297 e. The molecule has 3 heterocycles. The lowest BCUT2D eigenvalue weighted by Crippen LogP contribution is -2.23. The van der Waals surface area contributed by atoms with Gasteiger partial charge in [0.05, 0.1) is 5.69 Å². The third-order valence-electron chi connectivity index (χ3n) is 5.40. The number of tetrazole rings is 1. The molecule has 0 fully saturated rings. The van der Waals surface area contributed by atoms with Crippen molar-refractivity contribution >= 4 is 5.65 Å². The van der Waals surface area contributed by atoms with Crippen LogP contribution in [0.15, 0.2) is 65.6 Å². The molecule has 0 unspecified atom stereocenters. The van der Waals surface area contributed by atoms with E-state index in [1.165, 1.54) is 4.52 Å². The number of aromatic nitrogens is 7. The Hall–Kier alpha value is -4.07. The molecule has 5 rings (SSSR count). The van der Waals surface area contributed by atoms with Gasteiger partial charge in [0.1, 0.15) is 0 Å². The van der Waals surface area contributed by atoms with Gasteiger partial charge in [-0.2, -0.15) is 5.21 Å². The number of hydrogen-bond donors (Lipinski definition) is 2. The van der Waals surface area contributed by atoms with Gasteiger partial charge in [-0.3, -0.25) is 9.89 Å². The SMILES string of the molecule is CCCc1nc2cc[nH]n2c(=O)c1Cc1ccccc1-c1ccccc1-c1nn[nH]n1. The van der Waals surface area contributed by atoms with E-state index in [1.807, 2.05) is 42.5 Å². The van der Waals surface area contributed by atoms with E-state index in [1.54, 1.807) is 6.20 Å². The van der Waals surface area contributed by atoms with Gasteiger partial charge in [-0.25, -0.2) is 9.50 Å². The average Bonchev–Trinajstić information content (AvgIpc) is 3.49. The van der Waals surface area contributed by atoms with Crippen LogP contribution in [0.5, 0.6) is 0 Å². The van der Waals surface area contributed by atoms with Crippen molar-refractivity contribution in [1.82, 2.24) is 35.2 Å². The Bertz CT molecular complexity index is 1400. The molecule has 0 radical (unpaired) electrons. The highest BCUT2D eigenvalue weighted by atomic mass is 16.1. The number of benzene rings is 2. The predicted molar refractivity (Wildman–Crippen MR) is 118 cm³/mol. The molecule has 0 aliphatic carbocycles. The van der Waals surface area contributed by atoms with Gasteiger partial charge < -0.3 is 0 Å². The number of nitrogens with zero attached hydrogens (tertiary/aromatic N) is 5. The normalized spacial score (nSPS) is 11.3. The number of H-pyrrole nitrogens is 2. The molecular formula is C23H21N7O. The quantitative estimate of drug-likeness (QED) is 0.445. The minimum atomic E-state index is -0.0558. The summed E-state index contributed by atoms with van der Waals surface area (Å²) in [5.74, 6) is 0.534. The van der Waals surface area contributed by atoms with E-state index in [-0.39, 0.29) is 5.56 Å². The fourth-order valence-electron chi connectivity index (χ4n) is 3.98. The summed E-state index contributed by atoms with van der Waals surface area (Å²) in [6, 6.07) is 17.9. The van der Waals surface area contributed by atoms with Crippen molar-refractivity contribution in [2.24, 2.45) is 0 Å². The molecule has 0 amide bonds. The van der Waals surface area contributed by atoms with Gasteiger partial charge in [0.15, 0.2) is 5.65 Å². The Labute approximate surface area is 178 Å². The number of hydrogen-bond acceptors (Lipinski definition) is 5. The van der Waals surface area contributed by atoms with Crippen LogP contribution < -0.4 is 5.56 Å². The Morgan fingerprint density at radius 1 is 0.968 bits per heavy atom. The second kappa shape index (κ2) is 7.98. The number of fused-ring (bicyclic) bond motifs is 1. The van der Waals surface area contributed by atoms with Crippen LogP contribution in [0.1, 0.15) is 30.2 Å². The molecule has 2 N–H and O–H groups in total. The van der Waals surface area contributed by atoms with Gasteiger partial charge in [0, 0.05) is 29.8 Å². The Morgan fingerprint density at radius 3 is 2.52 bits per heavy atom. The van der Waals surface area contributed by atoms with Crippen LogP contribution in [0.3, 0.4) is 0 Å². The number of aryl methyl sites for hydroxylation is 1. The molecule has 0 saturated heterocycles. The second-order valence-corrected chi connectivity index (χ2v) is 7.36. The first-order valence-corrected chi connectivity index (χ1v) is 10.2. The molecule has 3 aromatic heterocycles. The maximum Gasteiger partial charge on any atom is 0.276 e. The molecule has 0 aliphatic rings. The monoisotopic (exact) mass is 411 g/mol. The zero-order chi connectivity index (χ0) is 21.2. The van der Waals surface area contributed by atoms with E-state index >= 15 is 0 Å². The average molecular weight is 411 g/mol. The molecule has 0 spiro atoms. The predicted octanol–water partition coefficient (Wildman–Crippen LogP) is 3.41. The van der Waals surface area contributed by atoms with Crippen molar-refractivity contribution in [3.8, 4) is 22.5 Å². The molecule has 5 aromatic rings. The molecule has 2 aromatic carbocycles. The van der Waals surface area contributed by atoms with Gasteiger partial charge in [-0.05, 0) is 28.3 Å². The lowest BCUT2D eigenvalue weighted by molar-refractivity contribution is 0.809. The van der Waals surface area contributed by atoms with Crippen LogP contribution >= 0.6 is 0 Å². The fourth-order valence-corrected chi connectivity index (χ4v) is 3.98. The molecule has 0 atom stereocenters. The zero-order valence-electron chi connectivity index (χ0n) is 17.0. The van der Waals surface area contributed by atoms with E-state index in [9.17, 15) is 4.79 Å². The van der Waals surface area contributed by atoms with Crippen LogP contribution in [0, 0.1) is 0 Å². The van der Waals surface area contributed by atoms with E-state index in [0.29, 0.717) is 23.5 Å². The maximum atomic E-state index is 13.3. The molecule has 0 saturated carbocycles. The first-order valence-electron chi connectivity index (χ1n) is 10.2. The fraction of sp³-hybridized carbons (Fsp3) is 0.174. The minimum absolute atomic E-state index is 0.0558. The summed E-state index contributed by atoms with van der Waals surface area (Å²) in [5, 5.41) is 17.5. The molecule has 0 aliphatic heterocycles. The topological polar surface area (TPSA) is 105 Å². The van der Waals surface area contributed by atoms with Gasteiger partial charge in [0.25, 0.3) is 5.56 Å². The van der Waals surface area contributed by atoms with Crippen LogP contribution in [0.2, 0.25) is 0 Å². The molecular weight excluding hydrogens is 390 g/mol. The minimum Gasteiger partial charge on any atom is -0.297 e. The van der Waals surface area contributed by atoms with Gasteiger partial charge in [-0.15, -0.1) is 10.2 Å². The summed E-state index contributed by atoms with van der Waals surface area (Å²) in [6.07, 6.45) is 3.90. The summed E-state index contributed by atoms with van der Waals surface area (Å²) in [5.41, 5.74) is 6.10. The Balaban J connectivity index is 1.66. The third-order valence-corrected chi connectivity index (χ3v) is 5.40. The first kappa shape index (κ1) is 18.9. The summed E-state index contributed by atoms with van der Waals surface area (Å²) in [4.78, 5) is 18.0. The van der Waals surface area contributed by atoms with E-state index < -0.39 is 0 Å².